The predicted octanol–water partition coefficient (Wildman–Crippen LogP) is 2.72. The highest BCUT2D eigenvalue weighted by atomic mass is 127. The minimum Gasteiger partial charge on any atom is -0.352 e. The first-order valence-electron chi connectivity index (χ1n) is 5.17. The molecule has 2 aromatic heterocycles. The van der Waals surface area contributed by atoms with Crippen molar-refractivity contribution >= 4 is 39.8 Å². The van der Waals surface area contributed by atoms with Crippen LogP contribution in [0.3, 0.4) is 0 Å². The molecule has 1 N–H and O–H groups in total. The molecule has 2 heterocycles. The van der Waals surface area contributed by atoms with E-state index in [2.05, 4.69) is 32.9 Å². The van der Waals surface area contributed by atoms with Crippen LogP contribution in [-0.2, 0) is 6.42 Å². The fraction of sp³-hybridized carbons (Fsp3) is 0.167. The first-order chi connectivity index (χ1) is 8.25. The minimum atomic E-state index is -0.00643. The third kappa shape index (κ3) is 3.78. The summed E-state index contributed by atoms with van der Waals surface area (Å²) in [7, 11) is 0. The van der Waals surface area contributed by atoms with Gasteiger partial charge >= 0.3 is 0 Å². The summed E-state index contributed by atoms with van der Waals surface area (Å²) in [5.74, 6) is -0.00643. The van der Waals surface area contributed by atoms with Gasteiger partial charge in [0.05, 0.1) is 8.45 Å². The van der Waals surface area contributed by atoms with Gasteiger partial charge in [0.1, 0.15) is 0 Å². The van der Waals surface area contributed by atoms with E-state index in [0.29, 0.717) is 6.54 Å². The van der Waals surface area contributed by atoms with Gasteiger partial charge in [0, 0.05) is 24.3 Å². The Balaban J connectivity index is 1.81. The van der Waals surface area contributed by atoms with E-state index in [-0.39, 0.29) is 5.91 Å². The molecule has 17 heavy (non-hydrogen) atoms. The Morgan fingerprint density at radius 3 is 3.06 bits per heavy atom. The van der Waals surface area contributed by atoms with Crippen molar-refractivity contribution in [2.45, 2.75) is 6.42 Å². The number of aromatic nitrogens is 1. The third-order valence-corrected chi connectivity index (χ3v) is 4.04. The van der Waals surface area contributed by atoms with Crippen LogP contribution in [0.25, 0.3) is 0 Å². The van der Waals surface area contributed by atoms with Gasteiger partial charge in [0.15, 0.2) is 0 Å². The number of nitrogens with zero attached hydrogens (tertiary/aromatic N) is 1. The van der Waals surface area contributed by atoms with Gasteiger partial charge in [-0.3, -0.25) is 9.78 Å². The molecule has 0 aliphatic heterocycles. The van der Waals surface area contributed by atoms with Crippen LogP contribution in [-0.4, -0.2) is 17.4 Å². The van der Waals surface area contributed by atoms with Crippen LogP contribution in [0.1, 0.15) is 15.9 Å². The molecular weight excluding hydrogens is 347 g/mol. The highest BCUT2D eigenvalue weighted by Crippen LogP contribution is 2.16. The molecule has 1 amide bonds. The van der Waals surface area contributed by atoms with Crippen molar-refractivity contribution in [2.24, 2.45) is 0 Å². The normalized spacial score (nSPS) is 10.2. The molecular formula is C12H11IN2OS. The number of thiophene rings is 1. The average Bonchev–Trinajstić information content (AvgIpc) is 2.77. The summed E-state index contributed by atoms with van der Waals surface area (Å²) in [4.78, 5) is 15.8. The van der Waals surface area contributed by atoms with Crippen LogP contribution in [0.2, 0.25) is 0 Å². The van der Waals surface area contributed by atoms with Crippen LogP contribution < -0.4 is 5.32 Å². The molecule has 0 saturated heterocycles. The Labute approximate surface area is 117 Å². The lowest BCUT2D eigenvalue weighted by Gasteiger charge is -2.03. The fourth-order valence-electron chi connectivity index (χ4n) is 1.40. The van der Waals surface area contributed by atoms with Crippen LogP contribution in [0.5, 0.6) is 0 Å². The van der Waals surface area contributed by atoms with E-state index < -0.39 is 0 Å². The summed E-state index contributed by atoms with van der Waals surface area (Å²) in [6.45, 7) is 0.636. The number of pyridine rings is 1. The van der Waals surface area contributed by atoms with Gasteiger partial charge in [-0.1, -0.05) is 6.07 Å². The molecule has 0 aliphatic carbocycles. The van der Waals surface area contributed by atoms with Crippen LogP contribution in [0.15, 0.2) is 36.0 Å². The van der Waals surface area contributed by atoms with E-state index >= 15 is 0 Å². The Morgan fingerprint density at radius 2 is 2.41 bits per heavy atom. The molecule has 3 nitrogen and oxygen atoms in total. The Morgan fingerprint density at radius 1 is 1.53 bits per heavy atom. The lowest BCUT2D eigenvalue weighted by molar-refractivity contribution is 0.0954. The number of carbonyl (C=O) groups is 1. The first kappa shape index (κ1) is 12.5. The van der Waals surface area contributed by atoms with E-state index in [1.54, 1.807) is 17.5 Å². The lowest BCUT2D eigenvalue weighted by Crippen LogP contribution is -2.25. The molecule has 5 heteroatoms. The molecule has 0 aromatic carbocycles. The van der Waals surface area contributed by atoms with Crippen LogP contribution >= 0.6 is 33.9 Å². The number of rotatable bonds is 4. The van der Waals surface area contributed by atoms with Crippen molar-refractivity contribution in [1.82, 2.24) is 10.3 Å². The first-order valence-corrected chi connectivity index (χ1v) is 7.12. The van der Waals surface area contributed by atoms with Gasteiger partial charge in [-0.05, 0) is 46.7 Å². The number of carbonyl (C=O) groups excluding carboxylic acids is 1. The standard InChI is InChI=1S/C12H11IN2OS/c13-11-6-10(8-17-11)12(16)15-5-3-9-2-1-4-14-7-9/h1-2,4,6-8H,3,5H2,(H,15,16). The molecule has 0 bridgehead atoms. The zero-order chi connectivity index (χ0) is 12.1. The summed E-state index contributed by atoms with van der Waals surface area (Å²) in [6, 6.07) is 5.80. The van der Waals surface area contributed by atoms with E-state index in [4.69, 9.17) is 0 Å². The second kappa shape index (κ2) is 6.11. The SMILES string of the molecule is O=C(NCCc1cccnc1)c1csc(I)c1. The van der Waals surface area contributed by atoms with E-state index in [1.165, 1.54) is 0 Å². The number of halogens is 1. The van der Waals surface area contributed by atoms with Gasteiger partial charge in [0.25, 0.3) is 5.91 Å². The molecule has 0 unspecified atom stereocenters. The average molecular weight is 358 g/mol. The quantitative estimate of drug-likeness (QED) is 0.854. The molecule has 0 aliphatic rings. The topological polar surface area (TPSA) is 42.0 Å². The molecule has 88 valence electrons. The number of hydrogen-bond acceptors (Lipinski definition) is 3. The summed E-state index contributed by atoms with van der Waals surface area (Å²) >= 11 is 3.79. The predicted molar refractivity (Wildman–Crippen MR) is 77.3 cm³/mol. The van der Waals surface area contributed by atoms with Gasteiger partial charge < -0.3 is 5.32 Å². The summed E-state index contributed by atoms with van der Waals surface area (Å²) in [6.07, 6.45) is 4.37. The molecule has 0 atom stereocenters. The van der Waals surface area contributed by atoms with Crippen molar-refractivity contribution in [3.05, 3.63) is 50.0 Å². The maximum atomic E-state index is 11.7. The van der Waals surface area contributed by atoms with E-state index in [0.717, 1.165) is 20.4 Å². The van der Waals surface area contributed by atoms with E-state index in [9.17, 15) is 4.79 Å². The summed E-state index contributed by atoms with van der Waals surface area (Å²) in [5.41, 5.74) is 1.87. The van der Waals surface area contributed by atoms with Crippen molar-refractivity contribution in [3.63, 3.8) is 0 Å². The molecule has 0 fully saturated rings. The zero-order valence-corrected chi connectivity index (χ0v) is 12.0. The summed E-state index contributed by atoms with van der Waals surface area (Å²) < 4.78 is 1.13. The third-order valence-electron chi connectivity index (χ3n) is 2.25. The second-order valence-corrected chi connectivity index (χ2v) is 6.31. The van der Waals surface area contributed by atoms with Crippen molar-refractivity contribution in [2.75, 3.05) is 6.54 Å². The maximum absolute atomic E-state index is 11.7. The molecule has 2 rings (SSSR count). The number of nitrogens with one attached hydrogen (secondary N) is 1. The Bertz CT molecular complexity index is 498. The fourth-order valence-corrected chi connectivity index (χ4v) is 2.72. The van der Waals surface area contributed by atoms with Gasteiger partial charge in [-0.15, -0.1) is 11.3 Å². The molecule has 0 spiro atoms. The minimum absolute atomic E-state index is 0.00643. The van der Waals surface area contributed by atoms with Gasteiger partial charge in [0.2, 0.25) is 0 Å². The van der Waals surface area contributed by atoms with Crippen molar-refractivity contribution in [1.29, 1.82) is 0 Å². The highest BCUT2D eigenvalue weighted by Gasteiger charge is 2.06. The van der Waals surface area contributed by atoms with E-state index in [1.807, 2.05) is 29.8 Å². The van der Waals surface area contributed by atoms with Gasteiger partial charge in [-0.2, -0.15) is 0 Å². The monoisotopic (exact) mass is 358 g/mol. The van der Waals surface area contributed by atoms with Crippen LogP contribution in [0, 0.1) is 2.88 Å². The van der Waals surface area contributed by atoms with Crippen molar-refractivity contribution in [3.8, 4) is 0 Å². The van der Waals surface area contributed by atoms with Crippen molar-refractivity contribution < 1.29 is 4.79 Å². The smallest absolute Gasteiger partial charge is 0.252 e. The zero-order valence-electron chi connectivity index (χ0n) is 9.02. The Hall–Kier alpha value is -0.950. The number of hydrogen-bond donors (Lipinski definition) is 1. The number of amides is 1. The lowest BCUT2D eigenvalue weighted by atomic mass is 10.2. The molecule has 2 aromatic rings. The highest BCUT2D eigenvalue weighted by molar-refractivity contribution is 14.1. The van der Waals surface area contributed by atoms with Gasteiger partial charge in [-0.25, -0.2) is 0 Å². The van der Waals surface area contributed by atoms with Crippen LogP contribution in [0.4, 0.5) is 0 Å². The Kier molecular flexibility index (Phi) is 4.49. The molecule has 0 radical (unpaired) electrons. The maximum Gasteiger partial charge on any atom is 0.252 e. The largest absolute Gasteiger partial charge is 0.352 e. The summed E-state index contributed by atoms with van der Waals surface area (Å²) in [5, 5.41) is 4.77. The molecule has 0 saturated carbocycles. The second-order valence-electron chi connectivity index (χ2n) is 3.51.